The van der Waals surface area contributed by atoms with Crippen LogP contribution in [0.3, 0.4) is 0 Å². The summed E-state index contributed by atoms with van der Waals surface area (Å²) in [6.07, 6.45) is 5.40. The summed E-state index contributed by atoms with van der Waals surface area (Å²) in [6, 6.07) is 15.8. The summed E-state index contributed by atoms with van der Waals surface area (Å²) in [7, 11) is 1.64. The molecule has 3 nitrogen and oxygen atoms in total. The Morgan fingerprint density at radius 2 is 1.78 bits per heavy atom. The van der Waals surface area contributed by atoms with Gasteiger partial charge in [-0.2, -0.15) is 0 Å². The molecule has 0 aliphatic rings. The summed E-state index contributed by atoms with van der Waals surface area (Å²) >= 11 is 0. The number of ether oxygens (including phenoxy) is 1. The number of allylic oxidation sites excluding steroid dienone is 2. The quantitative estimate of drug-likeness (QED) is 0.793. The van der Waals surface area contributed by atoms with Gasteiger partial charge in [-0.1, -0.05) is 48.6 Å². The molecule has 0 aromatic heterocycles. The second kappa shape index (κ2) is 8.79. The number of rotatable bonds is 7. The second-order valence-electron chi connectivity index (χ2n) is 5.34. The predicted octanol–water partition coefficient (Wildman–Crippen LogP) is 3.67. The van der Waals surface area contributed by atoms with Crippen LogP contribution >= 0.6 is 0 Å². The maximum Gasteiger partial charge on any atom is 0.224 e. The first-order valence-corrected chi connectivity index (χ1v) is 7.80. The van der Waals surface area contributed by atoms with Gasteiger partial charge in [0.05, 0.1) is 13.5 Å². The van der Waals surface area contributed by atoms with E-state index < -0.39 is 0 Å². The predicted molar refractivity (Wildman–Crippen MR) is 93.5 cm³/mol. The van der Waals surface area contributed by atoms with Crippen molar-refractivity contribution < 1.29 is 9.53 Å². The number of carbonyl (C=O) groups excluding carboxylic acids is 1. The van der Waals surface area contributed by atoms with Crippen LogP contribution in [0.1, 0.15) is 23.6 Å². The van der Waals surface area contributed by atoms with E-state index >= 15 is 0 Å². The highest BCUT2D eigenvalue weighted by Crippen LogP contribution is 2.12. The lowest BCUT2D eigenvalue weighted by molar-refractivity contribution is -0.120. The largest absolute Gasteiger partial charge is 0.497 e. The Morgan fingerprint density at radius 3 is 2.43 bits per heavy atom. The summed E-state index contributed by atoms with van der Waals surface area (Å²) in [4.78, 5) is 12.2. The van der Waals surface area contributed by atoms with Gasteiger partial charge in [0.2, 0.25) is 5.91 Å². The summed E-state index contributed by atoms with van der Waals surface area (Å²) in [6.45, 7) is 2.53. The molecule has 0 unspecified atom stereocenters. The van der Waals surface area contributed by atoms with E-state index in [4.69, 9.17) is 4.74 Å². The zero-order chi connectivity index (χ0) is 16.5. The van der Waals surface area contributed by atoms with Crippen molar-refractivity contribution in [2.24, 2.45) is 0 Å². The monoisotopic (exact) mass is 309 g/mol. The summed E-state index contributed by atoms with van der Waals surface area (Å²) in [5, 5.41) is 2.97. The summed E-state index contributed by atoms with van der Waals surface area (Å²) in [5.41, 5.74) is 3.34. The zero-order valence-electron chi connectivity index (χ0n) is 13.7. The average molecular weight is 309 g/mol. The lowest BCUT2D eigenvalue weighted by atomic mass is 10.0. The Labute approximate surface area is 138 Å². The van der Waals surface area contributed by atoms with Crippen molar-refractivity contribution in [1.82, 2.24) is 5.32 Å². The van der Waals surface area contributed by atoms with Crippen molar-refractivity contribution in [1.29, 1.82) is 0 Å². The lowest BCUT2D eigenvalue weighted by Crippen LogP contribution is -2.24. The van der Waals surface area contributed by atoms with Crippen LogP contribution in [0.25, 0.3) is 0 Å². The molecule has 0 saturated carbocycles. The first-order chi connectivity index (χ1) is 11.2. The first kappa shape index (κ1) is 16.8. The highest BCUT2D eigenvalue weighted by atomic mass is 16.5. The molecule has 1 N–H and O–H groups in total. The number of nitrogens with one attached hydrogen (secondary N) is 1. The van der Waals surface area contributed by atoms with Crippen molar-refractivity contribution >= 4 is 5.91 Å². The number of hydrogen-bond acceptors (Lipinski definition) is 2. The fourth-order valence-electron chi connectivity index (χ4n) is 2.35. The molecule has 0 spiro atoms. The van der Waals surface area contributed by atoms with Gasteiger partial charge in [0.15, 0.2) is 0 Å². The molecule has 0 heterocycles. The third kappa shape index (κ3) is 5.29. The molecule has 0 saturated heterocycles. The molecular weight excluding hydrogens is 286 g/mol. The molecule has 2 aromatic rings. The number of methoxy groups -OCH3 is 1. The lowest BCUT2D eigenvalue weighted by Gasteiger charge is -2.09. The Kier molecular flexibility index (Phi) is 6.42. The summed E-state index contributed by atoms with van der Waals surface area (Å²) in [5.74, 6) is 0.853. The van der Waals surface area contributed by atoms with Crippen LogP contribution in [0.4, 0.5) is 0 Å². The van der Waals surface area contributed by atoms with E-state index in [2.05, 4.69) is 17.5 Å². The first-order valence-electron chi connectivity index (χ1n) is 7.80. The number of benzene rings is 2. The van der Waals surface area contributed by atoms with E-state index in [1.165, 1.54) is 5.56 Å². The van der Waals surface area contributed by atoms with Crippen molar-refractivity contribution in [2.45, 2.75) is 26.3 Å². The number of hydrogen-bond donors (Lipinski definition) is 1. The average Bonchev–Trinajstić information content (AvgIpc) is 2.59. The molecule has 1 amide bonds. The van der Waals surface area contributed by atoms with Gasteiger partial charge in [0.25, 0.3) is 0 Å². The van der Waals surface area contributed by atoms with Gasteiger partial charge in [-0.3, -0.25) is 4.79 Å². The third-order valence-electron chi connectivity index (χ3n) is 3.69. The van der Waals surface area contributed by atoms with Gasteiger partial charge in [0.1, 0.15) is 5.75 Å². The topological polar surface area (TPSA) is 38.3 Å². The minimum Gasteiger partial charge on any atom is -0.497 e. The molecule has 3 heteroatoms. The van der Waals surface area contributed by atoms with E-state index in [0.29, 0.717) is 13.0 Å². The molecule has 0 atom stereocenters. The van der Waals surface area contributed by atoms with Gasteiger partial charge in [-0.05, 0) is 42.2 Å². The Morgan fingerprint density at radius 1 is 1.09 bits per heavy atom. The van der Waals surface area contributed by atoms with Crippen molar-refractivity contribution in [3.63, 3.8) is 0 Å². The van der Waals surface area contributed by atoms with Crippen LogP contribution in [0.2, 0.25) is 0 Å². The highest BCUT2D eigenvalue weighted by Gasteiger charge is 2.07. The fraction of sp³-hybridized carbons (Fsp3) is 0.250. The summed E-state index contributed by atoms with van der Waals surface area (Å²) < 4.78 is 5.13. The van der Waals surface area contributed by atoms with Gasteiger partial charge in [-0.25, -0.2) is 0 Å². The molecular formula is C20H23NO2. The molecule has 0 fully saturated rings. The Balaban J connectivity index is 1.91. The van der Waals surface area contributed by atoms with Crippen LogP contribution in [0, 0.1) is 0 Å². The minimum absolute atomic E-state index is 0.0359. The van der Waals surface area contributed by atoms with Gasteiger partial charge in [-0.15, -0.1) is 0 Å². The maximum absolute atomic E-state index is 12.2. The molecule has 0 aliphatic heterocycles. The maximum atomic E-state index is 12.2. The van der Waals surface area contributed by atoms with E-state index in [1.807, 2.05) is 55.5 Å². The van der Waals surface area contributed by atoms with Crippen LogP contribution in [0.5, 0.6) is 5.75 Å². The molecule has 23 heavy (non-hydrogen) atoms. The molecule has 120 valence electrons. The van der Waals surface area contributed by atoms with Crippen LogP contribution < -0.4 is 10.1 Å². The minimum atomic E-state index is 0.0359. The van der Waals surface area contributed by atoms with E-state index in [9.17, 15) is 4.79 Å². The van der Waals surface area contributed by atoms with E-state index in [0.717, 1.165) is 23.3 Å². The van der Waals surface area contributed by atoms with E-state index in [1.54, 1.807) is 7.11 Å². The molecule has 2 rings (SSSR count). The van der Waals surface area contributed by atoms with Crippen molar-refractivity contribution in [2.75, 3.05) is 7.11 Å². The number of amides is 1. The van der Waals surface area contributed by atoms with Crippen molar-refractivity contribution in [3.05, 3.63) is 77.4 Å². The van der Waals surface area contributed by atoms with Gasteiger partial charge < -0.3 is 10.1 Å². The zero-order valence-corrected chi connectivity index (χ0v) is 13.7. The van der Waals surface area contributed by atoms with Crippen LogP contribution in [-0.4, -0.2) is 13.0 Å². The smallest absolute Gasteiger partial charge is 0.224 e. The number of carbonyl (C=O) groups is 1. The van der Waals surface area contributed by atoms with Crippen molar-refractivity contribution in [3.8, 4) is 5.75 Å². The normalized spacial score (nSPS) is 10.7. The SMILES string of the molecule is C/C=C/Cc1ccccc1CC(=O)NCc1ccc(OC)cc1. The van der Waals surface area contributed by atoms with Crippen LogP contribution in [0.15, 0.2) is 60.7 Å². The highest BCUT2D eigenvalue weighted by molar-refractivity contribution is 5.78. The van der Waals surface area contributed by atoms with Gasteiger partial charge in [0, 0.05) is 6.54 Å². The standard InChI is InChI=1S/C20H23NO2/c1-3-4-7-17-8-5-6-9-18(17)14-20(22)21-15-16-10-12-19(23-2)13-11-16/h3-6,8-13H,7,14-15H2,1-2H3,(H,21,22)/b4-3+. The molecule has 0 bridgehead atoms. The Hall–Kier alpha value is -2.55. The third-order valence-corrected chi connectivity index (χ3v) is 3.69. The second-order valence-corrected chi connectivity index (χ2v) is 5.34. The van der Waals surface area contributed by atoms with E-state index in [-0.39, 0.29) is 5.91 Å². The molecule has 0 aliphatic carbocycles. The molecule has 2 aromatic carbocycles. The fourth-order valence-corrected chi connectivity index (χ4v) is 2.35. The Bertz CT molecular complexity index is 660. The van der Waals surface area contributed by atoms with Gasteiger partial charge >= 0.3 is 0 Å². The van der Waals surface area contributed by atoms with Crippen LogP contribution in [-0.2, 0) is 24.2 Å². The molecule has 0 radical (unpaired) electrons.